The van der Waals surface area contributed by atoms with Gasteiger partial charge in [-0.05, 0) is 20.8 Å². The molecule has 0 spiro atoms. The second-order valence-corrected chi connectivity index (χ2v) is 5.59. The fourth-order valence-electron chi connectivity index (χ4n) is 2.08. The number of amides is 1. The number of aliphatic hydroxyl groups excluding tert-OH is 1. The lowest BCUT2D eigenvalue weighted by Crippen LogP contribution is -2.51. The van der Waals surface area contributed by atoms with Gasteiger partial charge in [0, 0.05) is 0 Å². The van der Waals surface area contributed by atoms with E-state index in [4.69, 9.17) is 30.5 Å². The molecule has 2 rings (SSSR count). The molecule has 0 aromatic heterocycles. The maximum Gasteiger partial charge on any atom is 0.410 e. The summed E-state index contributed by atoms with van der Waals surface area (Å²) in [7, 11) is 0. The molecule has 1 amide bonds. The minimum absolute atomic E-state index is 0.286. The van der Waals surface area contributed by atoms with Crippen molar-refractivity contribution in [1.29, 1.82) is 0 Å². The molecule has 110 valence electrons. The van der Waals surface area contributed by atoms with Crippen molar-refractivity contribution >= 4 is 17.7 Å². The minimum atomic E-state index is -0.994. The summed E-state index contributed by atoms with van der Waals surface area (Å²) in [6.07, 6.45) is -3.64. The number of nitrogens with one attached hydrogen (secondary N) is 1. The number of fused-ring (bicyclic) bond motifs is 1. The number of carbonyl (C=O) groups excluding carboxylic acids is 1. The Labute approximate surface area is 116 Å². The highest BCUT2D eigenvalue weighted by atomic mass is 35.5. The van der Waals surface area contributed by atoms with E-state index in [1.54, 1.807) is 13.8 Å². The Morgan fingerprint density at radius 1 is 1.58 bits per heavy atom. The monoisotopic (exact) mass is 295 g/mol. The molecule has 2 aliphatic heterocycles. The Kier molecular flexibility index (Phi) is 4.22. The third-order valence-electron chi connectivity index (χ3n) is 2.88. The van der Waals surface area contributed by atoms with Gasteiger partial charge in [-0.15, -0.1) is 0 Å². The summed E-state index contributed by atoms with van der Waals surface area (Å²) < 4.78 is 21.2. The van der Waals surface area contributed by atoms with Crippen LogP contribution in [0.25, 0.3) is 0 Å². The van der Waals surface area contributed by atoms with Crippen LogP contribution in [-0.4, -0.2) is 53.7 Å². The van der Waals surface area contributed by atoms with E-state index in [2.05, 4.69) is 5.32 Å². The average molecular weight is 296 g/mol. The summed E-state index contributed by atoms with van der Waals surface area (Å²) in [5.74, 6) is -0.786. The second kappa shape index (κ2) is 5.41. The normalized spacial score (nSPS) is 38.4. The Hall–Kier alpha value is -0.600. The highest BCUT2D eigenvalue weighted by molar-refractivity contribution is 6.19. The topological polar surface area (TPSA) is 86.3 Å². The summed E-state index contributed by atoms with van der Waals surface area (Å²) in [6, 6.07) is 0. The predicted octanol–water partition coefficient (Wildman–Crippen LogP) is 0.535. The molecule has 0 radical (unpaired) electrons. The van der Waals surface area contributed by atoms with Crippen molar-refractivity contribution in [3.63, 3.8) is 0 Å². The van der Waals surface area contributed by atoms with E-state index in [-0.39, 0.29) is 6.61 Å². The smallest absolute Gasteiger partial charge is 0.410 e. The molecule has 2 saturated heterocycles. The van der Waals surface area contributed by atoms with Crippen LogP contribution in [0.1, 0.15) is 20.8 Å². The van der Waals surface area contributed by atoms with Crippen molar-refractivity contribution in [2.75, 3.05) is 6.61 Å². The number of alkyl halides is 1. The summed E-state index contributed by atoms with van der Waals surface area (Å²) >= 11 is 5.52. The molecule has 0 aromatic rings. The molecule has 8 heteroatoms. The Morgan fingerprint density at radius 2 is 2.26 bits per heavy atom. The number of hydrogen-bond donors (Lipinski definition) is 2. The zero-order valence-corrected chi connectivity index (χ0v) is 11.7. The Balaban J connectivity index is 1.93. The Bertz CT molecular complexity index is 350. The van der Waals surface area contributed by atoms with Crippen LogP contribution in [0.15, 0.2) is 0 Å². The van der Waals surface area contributed by atoms with Gasteiger partial charge in [0.15, 0.2) is 17.6 Å². The number of halogens is 1. The molecular formula is C11H18ClNO6. The third kappa shape index (κ3) is 3.49. The van der Waals surface area contributed by atoms with E-state index in [0.717, 1.165) is 0 Å². The van der Waals surface area contributed by atoms with Gasteiger partial charge in [0.05, 0.1) is 6.61 Å². The lowest BCUT2D eigenvalue weighted by molar-refractivity contribution is -0.300. The molecule has 0 aliphatic carbocycles. The van der Waals surface area contributed by atoms with Gasteiger partial charge in [-0.25, -0.2) is 4.79 Å². The molecule has 2 fully saturated rings. The van der Waals surface area contributed by atoms with Crippen LogP contribution in [0, 0.1) is 0 Å². The van der Waals surface area contributed by atoms with Crippen LogP contribution in [0.3, 0.4) is 0 Å². The zero-order chi connectivity index (χ0) is 14.2. The number of aliphatic hydroxyl groups is 1. The van der Waals surface area contributed by atoms with Crippen LogP contribution in [0.5, 0.6) is 0 Å². The van der Waals surface area contributed by atoms with Crippen LogP contribution in [-0.2, 0) is 18.9 Å². The fraction of sp³-hybridized carbons (Fsp3) is 0.909. The zero-order valence-electron chi connectivity index (χ0n) is 11.0. The number of carbonyl (C=O) groups is 1. The van der Waals surface area contributed by atoms with E-state index in [1.165, 1.54) is 6.92 Å². The molecule has 5 atom stereocenters. The minimum Gasteiger partial charge on any atom is -0.430 e. The van der Waals surface area contributed by atoms with Crippen molar-refractivity contribution in [3.8, 4) is 0 Å². The van der Waals surface area contributed by atoms with Gasteiger partial charge >= 0.3 is 6.09 Å². The van der Waals surface area contributed by atoms with Crippen molar-refractivity contribution in [1.82, 2.24) is 5.32 Å². The quantitative estimate of drug-likeness (QED) is 0.723. The number of rotatable bonds is 2. The predicted molar refractivity (Wildman–Crippen MR) is 64.5 cm³/mol. The lowest BCUT2D eigenvalue weighted by Gasteiger charge is -2.37. The number of hydrogen-bond acceptors (Lipinski definition) is 6. The maximum atomic E-state index is 11.4. The van der Waals surface area contributed by atoms with Crippen LogP contribution in [0.4, 0.5) is 4.79 Å². The van der Waals surface area contributed by atoms with Crippen LogP contribution < -0.4 is 5.32 Å². The number of alkyl carbamates (subject to hydrolysis) is 1. The lowest BCUT2D eigenvalue weighted by atomic mass is 10.1. The van der Waals surface area contributed by atoms with E-state index >= 15 is 0 Å². The maximum absolute atomic E-state index is 11.4. The Morgan fingerprint density at radius 3 is 2.89 bits per heavy atom. The van der Waals surface area contributed by atoms with Gasteiger partial charge in [0.25, 0.3) is 0 Å². The number of ether oxygens (including phenoxy) is 4. The molecule has 2 N–H and O–H groups in total. The molecule has 0 bridgehead atoms. The highest BCUT2D eigenvalue weighted by Gasteiger charge is 2.50. The summed E-state index contributed by atoms with van der Waals surface area (Å²) in [5.41, 5.74) is -0.764. The van der Waals surface area contributed by atoms with Gasteiger partial charge < -0.3 is 24.1 Å². The van der Waals surface area contributed by atoms with Crippen molar-refractivity contribution in [2.45, 2.75) is 56.7 Å². The molecule has 2 heterocycles. The van der Waals surface area contributed by atoms with E-state index in [1.807, 2.05) is 0 Å². The molecular weight excluding hydrogens is 278 g/mol. The van der Waals surface area contributed by atoms with E-state index in [0.29, 0.717) is 0 Å². The highest BCUT2D eigenvalue weighted by Crippen LogP contribution is 2.32. The molecule has 0 saturated carbocycles. The molecule has 2 unspecified atom stereocenters. The van der Waals surface area contributed by atoms with Crippen LogP contribution in [0.2, 0.25) is 0 Å². The van der Waals surface area contributed by atoms with Gasteiger partial charge in [0.1, 0.15) is 18.3 Å². The molecule has 0 aromatic carbocycles. The van der Waals surface area contributed by atoms with Gasteiger partial charge in [-0.1, -0.05) is 11.6 Å². The van der Waals surface area contributed by atoms with Gasteiger partial charge in [0.2, 0.25) is 0 Å². The first-order valence-electron chi connectivity index (χ1n) is 6.05. The largest absolute Gasteiger partial charge is 0.430 e. The summed E-state index contributed by atoms with van der Waals surface area (Å²) in [5, 5.41) is 12.5. The van der Waals surface area contributed by atoms with Gasteiger partial charge in [-0.3, -0.25) is 5.32 Å². The summed E-state index contributed by atoms with van der Waals surface area (Å²) in [4.78, 5) is 11.4. The average Bonchev–Trinajstić information content (AvgIpc) is 2.54. The standard InChI is InChI=1S/C11H18ClNO6/c1-5(12)17-10(15)13-9-7(14)8-6(18-9)4-16-11(2,3)19-8/h5-9,14H,4H2,1-3H3,(H,13,15)/t5?,6-,7-,8+,9?/m1/s1. The van der Waals surface area contributed by atoms with Crippen molar-refractivity contribution < 1.29 is 28.8 Å². The van der Waals surface area contributed by atoms with Gasteiger partial charge in [-0.2, -0.15) is 0 Å². The SMILES string of the molecule is CC(Cl)OC(=O)NC1O[C@@H]2COC(C)(C)O[C@@H]2[C@H]1O. The van der Waals surface area contributed by atoms with Crippen molar-refractivity contribution in [3.05, 3.63) is 0 Å². The van der Waals surface area contributed by atoms with Crippen molar-refractivity contribution in [2.24, 2.45) is 0 Å². The first kappa shape index (κ1) is 14.8. The molecule has 7 nitrogen and oxygen atoms in total. The summed E-state index contributed by atoms with van der Waals surface area (Å²) in [6.45, 7) is 5.29. The van der Waals surface area contributed by atoms with E-state index < -0.39 is 42.0 Å². The van der Waals surface area contributed by atoms with Crippen LogP contribution >= 0.6 is 11.6 Å². The first-order valence-corrected chi connectivity index (χ1v) is 6.49. The van der Waals surface area contributed by atoms with E-state index in [9.17, 15) is 9.90 Å². The first-order chi connectivity index (χ1) is 8.78. The fourth-order valence-corrected chi connectivity index (χ4v) is 2.16. The molecule has 2 aliphatic rings. The third-order valence-corrected chi connectivity index (χ3v) is 2.97. The second-order valence-electron chi connectivity index (χ2n) is 4.97. The molecule has 19 heavy (non-hydrogen) atoms.